The van der Waals surface area contributed by atoms with E-state index in [1.165, 1.54) is 0 Å². The Hall–Kier alpha value is -2.33. The molecule has 1 atom stereocenters. The summed E-state index contributed by atoms with van der Waals surface area (Å²) in [5.41, 5.74) is 1.74. The molecule has 1 N–H and O–H groups in total. The Labute approximate surface area is 143 Å². The molecule has 4 rings (SSSR count). The van der Waals surface area contributed by atoms with Crippen LogP contribution in [0.3, 0.4) is 0 Å². The summed E-state index contributed by atoms with van der Waals surface area (Å²) in [6.07, 6.45) is 2.24. The molecule has 1 unspecified atom stereocenters. The molecule has 2 aromatic carbocycles. The lowest BCUT2D eigenvalue weighted by Crippen LogP contribution is -2.58. The summed E-state index contributed by atoms with van der Waals surface area (Å²) in [7, 11) is 0. The predicted octanol–water partition coefficient (Wildman–Crippen LogP) is 3.17. The van der Waals surface area contributed by atoms with Crippen LogP contribution in [0.25, 0.3) is 0 Å². The molecule has 0 spiro atoms. The predicted molar refractivity (Wildman–Crippen MR) is 97.1 cm³/mol. The second kappa shape index (κ2) is 5.95. The third kappa shape index (κ3) is 2.13. The van der Waals surface area contributed by atoms with Crippen LogP contribution in [0.5, 0.6) is 0 Å². The lowest BCUT2D eigenvalue weighted by Gasteiger charge is -2.48. The highest BCUT2D eigenvalue weighted by Crippen LogP contribution is 2.44. The number of unbranched alkanes of at least 4 members (excludes halogenated alkanes) is 1. The van der Waals surface area contributed by atoms with Crippen LogP contribution in [0.1, 0.15) is 30.9 Å². The molecule has 0 saturated heterocycles. The van der Waals surface area contributed by atoms with E-state index in [4.69, 9.17) is 4.99 Å². The Morgan fingerprint density at radius 1 is 1.08 bits per heavy atom. The number of rotatable bonds is 4. The fourth-order valence-corrected chi connectivity index (χ4v) is 3.75. The molecular weight excluding hydrogens is 298 g/mol. The smallest absolute Gasteiger partial charge is 0.204 e. The van der Waals surface area contributed by atoms with Gasteiger partial charge >= 0.3 is 0 Å². The fourth-order valence-electron chi connectivity index (χ4n) is 3.75. The van der Waals surface area contributed by atoms with Gasteiger partial charge in [-0.15, -0.1) is 0 Å². The summed E-state index contributed by atoms with van der Waals surface area (Å²) in [6, 6.07) is 18.1. The number of nitrogens with zero attached hydrogens (tertiary/aromatic N) is 3. The van der Waals surface area contributed by atoms with Gasteiger partial charge in [-0.05, 0) is 12.5 Å². The van der Waals surface area contributed by atoms with Crippen LogP contribution in [-0.4, -0.2) is 35.6 Å². The molecule has 124 valence electrons. The van der Waals surface area contributed by atoms with Gasteiger partial charge in [0.1, 0.15) is 0 Å². The van der Waals surface area contributed by atoms with Crippen molar-refractivity contribution in [1.82, 2.24) is 4.90 Å². The third-order valence-corrected chi connectivity index (χ3v) is 4.93. The Bertz CT molecular complexity index is 758. The van der Waals surface area contributed by atoms with E-state index in [-0.39, 0.29) is 0 Å². The van der Waals surface area contributed by atoms with Gasteiger partial charge in [-0.2, -0.15) is 0 Å². The summed E-state index contributed by atoms with van der Waals surface area (Å²) in [4.78, 5) is 9.04. The van der Waals surface area contributed by atoms with Crippen molar-refractivity contribution in [2.45, 2.75) is 25.5 Å². The van der Waals surface area contributed by atoms with Gasteiger partial charge in [-0.3, -0.25) is 4.99 Å². The molecule has 2 aliphatic heterocycles. The molecule has 2 aliphatic rings. The Kier molecular flexibility index (Phi) is 3.77. The molecule has 4 heteroatoms. The highest BCUT2D eigenvalue weighted by atomic mass is 16.3. The quantitative estimate of drug-likeness (QED) is 0.940. The first-order chi connectivity index (χ1) is 11.8. The minimum absolute atomic E-state index is 0.723. The summed E-state index contributed by atoms with van der Waals surface area (Å²) in [6.45, 7) is 4.58. The van der Waals surface area contributed by atoms with Crippen LogP contribution in [0.4, 0.5) is 5.69 Å². The highest BCUT2D eigenvalue weighted by Gasteiger charge is 2.49. The van der Waals surface area contributed by atoms with Gasteiger partial charge in [0.05, 0.1) is 12.2 Å². The zero-order chi connectivity index (χ0) is 16.6. The Morgan fingerprint density at radius 3 is 2.62 bits per heavy atom. The zero-order valence-corrected chi connectivity index (χ0v) is 14.0. The summed E-state index contributed by atoms with van der Waals surface area (Å²) in [5.74, 6) is 0.897. The number of aliphatic imine (C=N–C) groups is 1. The molecule has 2 heterocycles. The molecule has 0 radical (unpaired) electrons. The first-order valence-electron chi connectivity index (χ1n) is 8.74. The van der Waals surface area contributed by atoms with Crippen LogP contribution in [0.15, 0.2) is 59.6 Å². The van der Waals surface area contributed by atoms with Gasteiger partial charge in [0.15, 0.2) is 5.72 Å². The minimum atomic E-state index is -1.16. The van der Waals surface area contributed by atoms with Crippen LogP contribution in [-0.2, 0) is 5.72 Å². The van der Waals surface area contributed by atoms with E-state index in [1.54, 1.807) is 0 Å². The third-order valence-electron chi connectivity index (χ3n) is 4.93. The summed E-state index contributed by atoms with van der Waals surface area (Å²) >= 11 is 0. The van der Waals surface area contributed by atoms with Crippen molar-refractivity contribution in [3.63, 3.8) is 0 Å². The van der Waals surface area contributed by atoms with E-state index >= 15 is 0 Å². The minimum Gasteiger partial charge on any atom is -0.363 e. The van der Waals surface area contributed by atoms with E-state index in [2.05, 4.69) is 22.8 Å². The van der Waals surface area contributed by atoms with Crippen molar-refractivity contribution >= 4 is 11.6 Å². The van der Waals surface area contributed by atoms with Gasteiger partial charge in [0.25, 0.3) is 0 Å². The summed E-state index contributed by atoms with van der Waals surface area (Å²) < 4.78 is 0. The lowest BCUT2D eigenvalue weighted by atomic mass is 9.89. The van der Waals surface area contributed by atoms with Crippen LogP contribution >= 0.6 is 0 Å². The van der Waals surface area contributed by atoms with Gasteiger partial charge in [0.2, 0.25) is 5.96 Å². The number of guanidine groups is 1. The monoisotopic (exact) mass is 321 g/mol. The Morgan fingerprint density at radius 2 is 1.83 bits per heavy atom. The normalized spacial score (nSPS) is 22.2. The van der Waals surface area contributed by atoms with Gasteiger partial charge in [-0.25, -0.2) is 0 Å². The first-order valence-corrected chi connectivity index (χ1v) is 8.74. The number of para-hydroxylation sites is 1. The molecule has 4 nitrogen and oxygen atoms in total. The first kappa shape index (κ1) is 15.2. The molecule has 0 saturated carbocycles. The average Bonchev–Trinajstić information content (AvgIpc) is 3.13. The maximum absolute atomic E-state index is 11.8. The maximum atomic E-state index is 11.8. The van der Waals surface area contributed by atoms with Gasteiger partial charge in [-0.1, -0.05) is 61.9 Å². The van der Waals surface area contributed by atoms with Crippen LogP contribution in [0.2, 0.25) is 0 Å². The zero-order valence-electron chi connectivity index (χ0n) is 14.0. The molecule has 0 aliphatic carbocycles. The second-order valence-corrected chi connectivity index (χ2v) is 6.39. The largest absolute Gasteiger partial charge is 0.363 e. The number of benzene rings is 2. The molecule has 2 aromatic rings. The van der Waals surface area contributed by atoms with E-state index in [9.17, 15) is 5.11 Å². The number of hydrogen-bond acceptors (Lipinski definition) is 4. The van der Waals surface area contributed by atoms with Crippen molar-refractivity contribution in [1.29, 1.82) is 0 Å². The molecule has 0 aromatic heterocycles. The molecule has 24 heavy (non-hydrogen) atoms. The van der Waals surface area contributed by atoms with Gasteiger partial charge in [0, 0.05) is 24.2 Å². The molecule has 0 amide bonds. The van der Waals surface area contributed by atoms with Crippen molar-refractivity contribution in [3.8, 4) is 0 Å². The number of hydrogen-bond donors (Lipinski definition) is 1. The van der Waals surface area contributed by atoms with Crippen LogP contribution < -0.4 is 4.90 Å². The fraction of sp³-hybridized carbons (Fsp3) is 0.350. The van der Waals surface area contributed by atoms with Crippen molar-refractivity contribution < 1.29 is 5.11 Å². The number of fused-ring (bicyclic) bond motifs is 2. The number of anilines is 1. The second-order valence-electron chi connectivity index (χ2n) is 6.39. The topological polar surface area (TPSA) is 39.1 Å². The highest BCUT2D eigenvalue weighted by molar-refractivity contribution is 6.01. The maximum Gasteiger partial charge on any atom is 0.204 e. The summed E-state index contributed by atoms with van der Waals surface area (Å²) in [5, 5.41) is 11.8. The van der Waals surface area contributed by atoms with Crippen molar-refractivity contribution in [3.05, 3.63) is 65.7 Å². The molecule has 0 bridgehead atoms. The van der Waals surface area contributed by atoms with Crippen LogP contribution in [0, 0.1) is 0 Å². The van der Waals surface area contributed by atoms with E-state index in [1.807, 2.05) is 48.5 Å². The molecule has 0 fully saturated rings. The molecular formula is C20H23N3O. The van der Waals surface area contributed by atoms with E-state index < -0.39 is 5.72 Å². The Balaban J connectivity index is 1.91. The van der Waals surface area contributed by atoms with Crippen molar-refractivity contribution in [2.24, 2.45) is 4.99 Å². The van der Waals surface area contributed by atoms with Crippen molar-refractivity contribution in [2.75, 3.05) is 24.5 Å². The van der Waals surface area contributed by atoms with Gasteiger partial charge < -0.3 is 14.9 Å². The standard InChI is InChI=1S/C20H23N3O/c1-2-3-14-22-18-12-8-7-11-17(18)20(24,16-9-5-4-6-10-16)23-15-13-21-19(22)23/h4-12,24H,2-3,13-15H2,1H3. The number of aliphatic hydroxyl groups is 1. The van der Waals surface area contributed by atoms with E-state index in [0.29, 0.717) is 0 Å². The van der Waals surface area contributed by atoms with E-state index in [0.717, 1.165) is 55.2 Å². The SMILES string of the molecule is CCCCN1C2=NCCN2C(O)(c2ccccc2)c2ccccc21. The lowest BCUT2D eigenvalue weighted by molar-refractivity contribution is -0.0359. The average molecular weight is 321 g/mol.